The molecule has 10 heteroatoms. The van der Waals surface area contributed by atoms with Gasteiger partial charge in [-0.1, -0.05) is 30.3 Å². The summed E-state index contributed by atoms with van der Waals surface area (Å²) in [6, 6.07) is 15.8. The molecular weight excluding hydrogens is 510 g/mol. The van der Waals surface area contributed by atoms with Crippen LogP contribution in [-0.4, -0.2) is 97.8 Å². The number of morpholine rings is 1. The van der Waals surface area contributed by atoms with E-state index in [-0.39, 0.29) is 17.5 Å². The number of piperidine rings is 1. The number of non-ortho nitro benzene ring substituents is 1. The zero-order chi connectivity index (χ0) is 28.4. The van der Waals surface area contributed by atoms with Crippen LogP contribution in [0, 0.1) is 10.1 Å². The number of nitrogens with one attached hydrogen (secondary N) is 2. The van der Waals surface area contributed by atoms with Gasteiger partial charge in [-0.15, -0.1) is 0 Å². The van der Waals surface area contributed by atoms with Gasteiger partial charge in [0.1, 0.15) is 25.7 Å². The van der Waals surface area contributed by atoms with Gasteiger partial charge >= 0.3 is 0 Å². The van der Waals surface area contributed by atoms with E-state index in [0.717, 1.165) is 59.1 Å². The average Bonchev–Trinajstić information content (AvgIpc) is 2.94. The van der Waals surface area contributed by atoms with Crippen LogP contribution in [0.25, 0.3) is 0 Å². The highest BCUT2D eigenvalue weighted by molar-refractivity contribution is 5.88. The lowest BCUT2D eigenvalue weighted by Gasteiger charge is -2.41. The fourth-order valence-electron chi connectivity index (χ4n) is 5.92. The number of nitrogens with zero attached hydrogens (tertiary/aromatic N) is 3. The molecule has 2 aromatic rings. The lowest BCUT2D eigenvalue weighted by Crippen LogP contribution is -2.59. The number of likely N-dealkylation sites (N-methyl/N-ethyl adjacent to an activating group) is 1. The molecule has 2 aromatic carbocycles. The van der Waals surface area contributed by atoms with Gasteiger partial charge in [0, 0.05) is 24.1 Å². The normalized spacial score (nSPS) is 18.8. The van der Waals surface area contributed by atoms with Gasteiger partial charge < -0.3 is 24.3 Å². The smallest absolute Gasteiger partial charge is 0.275 e. The molecule has 0 bridgehead atoms. The van der Waals surface area contributed by atoms with Crippen molar-refractivity contribution in [3.05, 3.63) is 75.8 Å². The first-order valence-corrected chi connectivity index (χ1v) is 14.4. The maximum absolute atomic E-state index is 13.4. The molecule has 0 spiro atoms. The molecule has 2 amide bonds. The molecule has 2 saturated heterocycles. The van der Waals surface area contributed by atoms with E-state index in [0.29, 0.717) is 45.8 Å². The van der Waals surface area contributed by atoms with Crippen molar-refractivity contribution in [2.45, 2.75) is 38.3 Å². The summed E-state index contributed by atoms with van der Waals surface area (Å²) in [5.41, 5.74) is 2.09. The van der Waals surface area contributed by atoms with Crippen molar-refractivity contribution in [1.82, 2.24) is 10.6 Å². The van der Waals surface area contributed by atoms with Crippen LogP contribution in [0.15, 0.2) is 54.6 Å². The Hall–Kier alpha value is -3.34. The summed E-state index contributed by atoms with van der Waals surface area (Å²) >= 11 is 0. The monoisotopic (exact) mass is 553 g/mol. The van der Waals surface area contributed by atoms with E-state index in [1.54, 1.807) is 0 Å². The number of rotatable bonds is 12. The molecule has 0 radical (unpaired) electrons. The third-order valence-corrected chi connectivity index (χ3v) is 8.33. The Morgan fingerprint density at radius 1 is 0.950 bits per heavy atom. The number of carbonyl (C=O) groups is 2. The zero-order valence-electron chi connectivity index (χ0n) is 23.6. The lowest BCUT2D eigenvalue weighted by atomic mass is 10.0. The van der Waals surface area contributed by atoms with Crippen molar-refractivity contribution < 1.29 is 28.2 Å². The molecule has 4 rings (SSSR count). The number of benzene rings is 2. The highest BCUT2D eigenvalue weighted by Crippen LogP contribution is 2.20. The number of carbonyl (C=O) groups excluding carboxylic acids is 2. The van der Waals surface area contributed by atoms with E-state index in [4.69, 9.17) is 4.74 Å². The molecule has 40 heavy (non-hydrogen) atoms. The van der Waals surface area contributed by atoms with Gasteiger partial charge in [0.25, 0.3) is 11.6 Å². The molecule has 1 unspecified atom stereocenters. The molecule has 2 heterocycles. The topological polar surface area (TPSA) is 111 Å². The molecule has 2 aliphatic rings. The first-order chi connectivity index (χ1) is 19.3. The molecule has 0 aromatic heterocycles. The Morgan fingerprint density at radius 3 is 2.27 bits per heavy atom. The maximum atomic E-state index is 13.4. The first-order valence-electron chi connectivity index (χ1n) is 14.4. The van der Waals surface area contributed by atoms with Crippen LogP contribution in [0.5, 0.6) is 0 Å². The molecule has 1 atom stereocenters. The minimum atomic E-state index is -0.654. The largest absolute Gasteiger partial charge is 0.370 e. The van der Waals surface area contributed by atoms with Gasteiger partial charge in [-0.05, 0) is 37.0 Å². The number of likely N-dealkylation sites (tertiary alicyclic amines) is 1. The lowest BCUT2D eigenvalue weighted by molar-refractivity contribution is -0.946. The average molecular weight is 554 g/mol. The standard InChI is InChI=1S/C30H41N5O5/c1-34(15-6-3-7-16-34)24-29(36)32-28(22-25-8-4-2-5-9-25)30(37)31-14-17-35(18-20-40-21-19-35)23-26-10-12-27(13-11-26)33(38)39/h2,4-5,8-13,28H,3,6-7,14-24H2,1H3/p+2. The van der Waals surface area contributed by atoms with Gasteiger partial charge in [-0.3, -0.25) is 19.7 Å². The Labute approximate surface area is 236 Å². The van der Waals surface area contributed by atoms with E-state index in [1.807, 2.05) is 42.5 Å². The van der Waals surface area contributed by atoms with Crippen LogP contribution >= 0.6 is 0 Å². The van der Waals surface area contributed by atoms with Crippen molar-refractivity contribution >= 4 is 17.5 Å². The number of amides is 2. The summed E-state index contributed by atoms with van der Waals surface area (Å²) in [7, 11) is 2.13. The van der Waals surface area contributed by atoms with Crippen LogP contribution in [0.2, 0.25) is 0 Å². The minimum absolute atomic E-state index is 0.0762. The third-order valence-electron chi connectivity index (χ3n) is 8.33. The van der Waals surface area contributed by atoms with Crippen molar-refractivity contribution in [3.8, 4) is 0 Å². The minimum Gasteiger partial charge on any atom is -0.370 e. The molecule has 2 aliphatic heterocycles. The number of nitro benzene ring substituents is 1. The SMILES string of the molecule is C[N+]1(CC(=O)NC(Cc2ccccc2)C(=O)NCC[N+]2(Cc3ccc([N+](=O)[O-])cc3)CCOCC2)CCCCC1. The number of quaternary nitrogens is 2. The van der Waals surface area contributed by atoms with E-state index in [1.165, 1.54) is 18.6 Å². The highest BCUT2D eigenvalue weighted by Gasteiger charge is 2.33. The van der Waals surface area contributed by atoms with Crippen molar-refractivity contribution in [2.24, 2.45) is 0 Å². The summed E-state index contributed by atoms with van der Waals surface area (Å²) < 4.78 is 7.06. The van der Waals surface area contributed by atoms with Crippen molar-refractivity contribution in [2.75, 3.05) is 66.1 Å². The third kappa shape index (κ3) is 8.58. The van der Waals surface area contributed by atoms with Gasteiger partial charge in [-0.2, -0.15) is 0 Å². The zero-order valence-corrected chi connectivity index (χ0v) is 23.6. The van der Waals surface area contributed by atoms with Crippen molar-refractivity contribution in [1.29, 1.82) is 0 Å². The summed E-state index contributed by atoms with van der Waals surface area (Å²) in [6.07, 6.45) is 3.90. The first kappa shape index (κ1) is 29.6. The molecule has 2 N–H and O–H groups in total. The van der Waals surface area contributed by atoms with Gasteiger partial charge in [-0.25, -0.2) is 0 Å². The van der Waals surface area contributed by atoms with Gasteiger partial charge in [0.2, 0.25) is 5.91 Å². The second kappa shape index (κ2) is 13.8. The Morgan fingerprint density at radius 2 is 1.62 bits per heavy atom. The van der Waals surface area contributed by atoms with Gasteiger partial charge in [0.15, 0.2) is 6.54 Å². The molecule has 10 nitrogen and oxygen atoms in total. The Balaban J connectivity index is 1.38. The fraction of sp³-hybridized carbons (Fsp3) is 0.533. The maximum Gasteiger partial charge on any atom is 0.275 e. The van der Waals surface area contributed by atoms with Crippen LogP contribution in [0.3, 0.4) is 0 Å². The number of nitro groups is 1. The molecule has 0 aliphatic carbocycles. The highest BCUT2D eigenvalue weighted by atomic mass is 16.6. The van der Waals surface area contributed by atoms with Crippen LogP contribution in [0.4, 0.5) is 5.69 Å². The molecule has 0 saturated carbocycles. The molecule has 2 fully saturated rings. The quantitative estimate of drug-likeness (QED) is 0.238. The fourth-order valence-corrected chi connectivity index (χ4v) is 5.92. The van der Waals surface area contributed by atoms with Crippen LogP contribution < -0.4 is 10.6 Å². The Bertz CT molecular complexity index is 1130. The number of hydrogen-bond acceptors (Lipinski definition) is 5. The Kier molecular flexibility index (Phi) is 10.2. The number of ether oxygens (including phenoxy) is 1. The van der Waals surface area contributed by atoms with Crippen LogP contribution in [0.1, 0.15) is 30.4 Å². The second-order valence-corrected chi connectivity index (χ2v) is 11.6. The molecular formula is C30H43N5O5+2. The van der Waals surface area contributed by atoms with Crippen LogP contribution in [-0.2, 0) is 27.3 Å². The van der Waals surface area contributed by atoms with Gasteiger partial charge in [0.05, 0.1) is 51.4 Å². The van der Waals surface area contributed by atoms with E-state index in [9.17, 15) is 19.7 Å². The summed E-state index contributed by atoms with van der Waals surface area (Å²) in [5, 5.41) is 17.2. The van der Waals surface area contributed by atoms with E-state index >= 15 is 0 Å². The molecule has 216 valence electrons. The van der Waals surface area contributed by atoms with E-state index < -0.39 is 11.0 Å². The number of hydrogen-bond donors (Lipinski definition) is 2. The second-order valence-electron chi connectivity index (χ2n) is 11.6. The predicted molar refractivity (Wildman–Crippen MR) is 152 cm³/mol. The predicted octanol–water partition coefficient (Wildman–Crippen LogP) is 2.42. The summed E-state index contributed by atoms with van der Waals surface area (Å²) in [4.78, 5) is 37.2. The summed E-state index contributed by atoms with van der Waals surface area (Å²) in [6.45, 7) is 7.08. The summed E-state index contributed by atoms with van der Waals surface area (Å²) in [5.74, 6) is -0.268. The van der Waals surface area contributed by atoms with Crippen molar-refractivity contribution in [3.63, 3.8) is 0 Å². The van der Waals surface area contributed by atoms with E-state index in [2.05, 4.69) is 17.7 Å².